The molecule has 3 aliphatic heterocycles. The van der Waals surface area contributed by atoms with E-state index in [1.807, 2.05) is 60.5 Å². The minimum Gasteiger partial charge on any atom is -0.443 e. The molecule has 2 aromatic carbocycles. The Bertz CT molecular complexity index is 2370. The molecule has 3 amide bonds. The Labute approximate surface area is 370 Å². The SMILES string of the molecule is Cc1cc(C[C@@H](NC(=O)N2CCC(c3cc4ccccc4n(COC(=O)C(C)(C)C)c3=O)CC2)C(=O)N2CCN(C3CCN(C)CC3)CC2)cc2cn(COC(=O)C(C)(C)C)nc12. The first kappa shape index (κ1) is 45.7. The fourth-order valence-electron chi connectivity index (χ4n) is 9.03. The van der Waals surface area contributed by atoms with Crippen molar-refractivity contribution in [1.29, 1.82) is 0 Å². The lowest BCUT2D eigenvalue weighted by Crippen LogP contribution is -2.59. The van der Waals surface area contributed by atoms with Crippen LogP contribution in [-0.2, 0) is 43.7 Å². The van der Waals surface area contributed by atoms with E-state index in [9.17, 15) is 24.0 Å². The molecular weight excluding hydrogens is 801 g/mol. The molecule has 63 heavy (non-hydrogen) atoms. The highest BCUT2D eigenvalue weighted by molar-refractivity contribution is 5.88. The monoisotopic (exact) mass is 867 g/mol. The first-order chi connectivity index (χ1) is 29.8. The van der Waals surface area contributed by atoms with E-state index < -0.39 is 22.8 Å². The number of aromatic nitrogens is 3. The number of nitrogens with one attached hydrogen (secondary N) is 1. The molecule has 3 aliphatic rings. The number of carbonyl (C=O) groups excluding carboxylic acids is 4. The van der Waals surface area contributed by atoms with E-state index in [0.29, 0.717) is 56.1 Å². The highest BCUT2D eigenvalue weighted by Gasteiger charge is 2.34. The van der Waals surface area contributed by atoms with E-state index in [2.05, 4.69) is 27.3 Å². The maximum atomic E-state index is 14.5. The summed E-state index contributed by atoms with van der Waals surface area (Å²) in [6.07, 6.45) is 5.50. The van der Waals surface area contributed by atoms with Gasteiger partial charge in [-0.2, -0.15) is 5.10 Å². The molecule has 4 aromatic rings. The summed E-state index contributed by atoms with van der Waals surface area (Å²) in [5.74, 6) is -0.923. The van der Waals surface area contributed by atoms with Crippen LogP contribution >= 0.6 is 0 Å². The van der Waals surface area contributed by atoms with Crippen LogP contribution in [0.3, 0.4) is 0 Å². The Balaban J connectivity index is 1.06. The number of pyridine rings is 1. The summed E-state index contributed by atoms with van der Waals surface area (Å²) >= 11 is 0. The molecule has 15 nitrogen and oxygen atoms in total. The molecule has 2 aromatic heterocycles. The zero-order valence-corrected chi connectivity index (χ0v) is 38.4. The van der Waals surface area contributed by atoms with Gasteiger partial charge in [-0.05, 0) is 135 Å². The average molecular weight is 867 g/mol. The minimum atomic E-state index is -0.812. The molecule has 0 radical (unpaired) electrons. The van der Waals surface area contributed by atoms with Crippen LogP contribution in [0.25, 0.3) is 21.8 Å². The Kier molecular flexibility index (Phi) is 13.7. The third-order valence-corrected chi connectivity index (χ3v) is 12.9. The van der Waals surface area contributed by atoms with Gasteiger partial charge in [0.15, 0.2) is 13.5 Å². The number of likely N-dealkylation sites (tertiary alicyclic amines) is 2. The molecule has 0 bridgehead atoms. The number of esters is 2. The summed E-state index contributed by atoms with van der Waals surface area (Å²) in [6.45, 7) is 18.3. The fourth-order valence-corrected chi connectivity index (χ4v) is 9.03. The summed E-state index contributed by atoms with van der Waals surface area (Å²) in [7, 11) is 2.16. The summed E-state index contributed by atoms with van der Waals surface area (Å²) < 4.78 is 14.3. The lowest BCUT2D eigenvalue weighted by atomic mass is 9.89. The van der Waals surface area contributed by atoms with E-state index in [-0.39, 0.29) is 49.3 Å². The smallest absolute Gasteiger partial charge is 0.318 e. The van der Waals surface area contributed by atoms with Crippen molar-refractivity contribution in [2.24, 2.45) is 10.8 Å². The number of aryl methyl sites for hydroxylation is 1. The number of fused-ring (bicyclic) bond motifs is 2. The van der Waals surface area contributed by atoms with Gasteiger partial charge in [-0.3, -0.25) is 28.6 Å². The highest BCUT2D eigenvalue weighted by Crippen LogP contribution is 2.29. The standard InChI is InChI=1S/C48H66N8O7/c1-32-25-33(26-36-29-55(50-41(32)36)30-62-44(59)47(2,3)4)27-39(43(58)53-23-21-52(22-24-53)37-15-17-51(8)18-16-37)49-46(61)54-19-13-34(14-20-54)38-28-35-11-9-10-12-40(35)56(42(38)57)31-63-45(60)48(5,6)7/h9-12,25-26,28-29,34,37,39H,13-24,27,30-31H2,1-8H3,(H,49,61)/t39-/m1/s1. The maximum absolute atomic E-state index is 14.5. The van der Waals surface area contributed by atoms with Crippen molar-refractivity contribution in [3.8, 4) is 0 Å². The van der Waals surface area contributed by atoms with Gasteiger partial charge in [-0.15, -0.1) is 0 Å². The summed E-state index contributed by atoms with van der Waals surface area (Å²) in [6, 6.07) is 12.9. The predicted molar refractivity (Wildman–Crippen MR) is 242 cm³/mol. The van der Waals surface area contributed by atoms with Crippen LogP contribution < -0.4 is 10.9 Å². The van der Waals surface area contributed by atoms with E-state index in [1.54, 1.807) is 51.1 Å². The van der Waals surface area contributed by atoms with Crippen LogP contribution in [0.4, 0.5) is 4.79 Å². The Morgan fingerprint density at radius 2 is 1.41 bits per heavy atom. The lowest BCUT2D eigenvalue weighted by Gasteiger charge is -2.43. The Hall–Kier alpha value is -5.28. The zero-order chi connectivity index (χ0) is 45.2. The number of hydrogen-bond acceptors (Lipinski definition) is 10. The molecular formula is C48H66N8O7. The molecule has 3 fully saturated rings. The molecule has 0 saturated carbocycles. The molecule has 1 N–H and O–H groups in total. The zero-order valence-electron chi connectivity index (χ0n) is 38.4. The van der Waals surface area contributed by atoms with Gasteiger partial charge in [0.2, 0.25) is 5.91 Å². The third kappa shape index (κ3) is 10.7. The van der Waals surface area contributed by atoms with Crippen molar-refractivity contribution in [3.63, 3.8) is 0 Å². The van der Waals surface area contributed by atoms with Gasteiger partial charge in [-0.25, -0.2) is 9.48 Å². The fraction of sp³-hybridized carbons (Fsp3) is 0.583. The highest BCUT2D eigenvalue weighted by atomic mass is 16.5. The third-order valence-electron chi connectivity index (χ3n) is 12.9. The summed E-state index contributed by atoms with van der Waals surface area (Å²) in [5.41, 5.74) is 2.34. The van der Waals surface area contributed by atoms with Crippen LogP contribution in [0.5, 0.6) is 0 Å². The van der Waals surface area contributed by atoms with Crippen molar-refractivity contribution in [2.45, 2.75) is 112 Å². The van der Waals surface area contributed by atoms with Crippen LogP contribution in [-0.4, -0.2) is 129 Å². The molecule has 1 atom stereocenters. The maximum Gasteiger partial charge on any atom is 0.318 e. The van der Waals surface area contributed by atoms with Crippen molar-refractivity contribution < 1.29 is 28.7 Å². The molecule has 15 heteroatoms. The number of carbonyl (C=O) groups is 4. The number of piperazine rings is 1. The number of benzene rings is 2. The largest absolute Gasteiger partial charge is 0.443 e. The molecule has 0 spiro atoms. The van der Waals surface area contributed by atoms with Crippen molar-refractivity contribution in [1.82, 2.24) is 39.3 Å². The van der Waals surface area contributed by atoms with Gasteiger partial charge in [0.25, 0.3) is 5.56 Å². The van der Waals surface area contributed by atoms with Crippen LogP contribution in [0.15, 0.2) is 53.5 Å². The van der Waals surface area contributed by atoms with Gasteiger partial charge < -0.3 is 29.5 Å². The second-order valence-electron chi connectivity index (χ2n) is 19.9. The van der Waals surface area contributed by atoms with Crippen LogP contribution in [0.1, 0.15) is 89.8 Å². The number of rotatable bonds is 10. The van der Waals surface area contributed by atoms with Crippen molar-refractivity contribution >= 4 is 45.7 Å². The molecule has 3 saturated heterocycles. The molecule has 5 heterocycles. The topological polar surface area (TPSA) is 152 Å². The average Bonchev–Trinajstić information content (AvgIpc) is 3.67. The van der Waals surface area contributed by atoms with Gasteiger partial charge in [0.1, 0.15) is 6.04 Å². The predicted octanol–water partition coefficient (Wildman–Crippen LogP) is 5.49. The number of ether oxygens (including phenoxy) is 2. The Morgan fingerprint density at radius 3 is 2.06 bits per heavy atom. The van der Waals surface area contributed by atoms with Gasteiger partial charge >= 0.3 is 18.0 Å². The van der Waals surface area contributed by atoms with E-state index in [1.165, 1.54) is 4.57 Å². The Morgan fingerprint density at radius 1 is 0.778 bits per heavy atom. The second kappa shape index (κ2) is 18.8. The molecule has 0 unspecified atom stereocenters. The van der Waals surface area contributed by atoms with Crippen molar-refractivity contribution in [3.05, 3.63) is 75.7 Å². The van der Waals surface area contributed by atoms with Crippen molar-refractivity contribution in [2.75, 3.05) is 59.4 Å². The number of amides is 3. The second-order valence-corrected chi connectivity index (χ2v) is 19.9. The van der Waals surface area contributed by atoms with E-state index in [0.717, 1.165) is 66.4 Å². The summed E-state index contributed by atoms with van der Waals surface area (Å²) in [4.78, 5) is 76.4. The number of urea groups is 1. The first-order valence-electron chi connectivity index (χ1n) is 22.6. The van der Waals surface area contributed by atoms with Gasteiger partial charge in [0.05, 0.1) is 21.9 Å². The quantitative estimate of drug-likeness (QED) is 0.203. The van der Waals surface area contributed by atoms with E-state index >= 15 is 0 Å². The van der Waals surface area contributed by atoms with Crippen LogP contribution in [0, 0.1) is 17.8 Å². The van der Waals surface area contributed by atoms with Crippen LogP contribution in [0.2, 0.25) is 0 Å². The number of piperidine rings is 2. The van der Waals surface area contributed by atoms with Gasteiger partial charge in [-0.1, -0.05) is 24.3 Å². The summed E-state index contributed by atoms with van der Waals surface area (Å²) in [5, 5.41) is 9.55. The number of nitrogens with zero attached hydrogens (tertiary/aromatic N) is 7. The number of hydrogen-bond donors (Lipinski definition) is 1. The molecule has 7 rings (SSSR count). The number of para-hydroxylation sites is 1. The van der Waals surface area contributed by atoms with Gasteiger partial charge in [0, 0.05) is 68.9 Å². The normalized spacial score (nSPS) is 18.2. The molecule has 0 aliphatic carbocycles. The van der Waals surface area contributed by atoms with E-state index in [4.69, 9.17) is 9.47 Å². The first-order valence-corrected chi connectivity index (χ1v) is 22.6. The molecule has 340 valence electrons. The lowest BCUT2D eigenvalue weighted by molar-refractivity contribution is -0.157. The minimum absolute atomic E-state index is 0.0131.